The van der Waals surface area contributed by atoms with E-state index in [9.17, 15) is 36.9 Å². The molecule has 0 amide bonds. The number of thiol groups is 1. The van der Waals surface area contributed by atoms with Crippen LogP contribution in [0.4, 0.5) is 27.6 Å². The van der Waals surface area contributed by atoms with Crippen molar-refractivity contribution in [3.8, 4) is 0 Å². The van der Waals surface area contributed by atoms with Gasteiger partial charge in [0.1, 0.15) is 11.4 Å². The first kappa shape index (κ1) is 25.5. The number of esters is 1. The average molecular weight is 478 g/mol. The molecule has 1 heterocycles. The van der Waals surface area contributed by atoms with Crippen LogP contribution in [-0.4, -0.2) is 23.0 Å². The summed E-state index contributed by atoms with van der Waals surface area (Å²) >= 11 is 4.27. The summed E-state index contributed by atoms with van der Waals surface area (Å²) in [7, 11) is 0.919. The molecule has 0 saturated heterocycles. The van der Waals surface area contributed by atoms with E-state index in [-0.39, 0.29) is 29.2 Å². The molecule has 1 aromatic heterocycles. The third kappa shape index (κ3) is 5.34. The van der Waals surface area contributed by atoms with Crippen molar-refractivity contribution in [1.29, 1.82) is 0 Å². The van der Waals surface area contributed by atoms with Crippen LogP contribution in [0.15, 0.2) is 24.3 Å². The van der Waals surface area contributed by atoms with Crippen LogP contribution in [0.3, 0.4) is 0 Å². The van der Waals surface area contributed by atoms with E-state index in [2.05, 4.69) is 22.3 Å². The number of aromatic nitrogens is 1. The van der Waals surface area contributed by atoms with Gasteiger partial charge in [-0.3, -0.25) is 10.1 Å². The van der Waals surface area contributed by atoms with Gasteiger partial charge in [-0.05, 0) is 23.5 Å². The molecule has 1 atom stereocenters. The largest absolute Gasteiger partial charge is 0.465 e. The summed E-state index contributed by atoms with van der Waals surface area (Å²) < 4.78 is 73.7. The van der Waals surface area contributed by atoms with Gasteiger partial charge in [0.2, 0.25) is 0 Å². The minimum atomic E-state index is -5.14. The number of nitro groups is 1. The van der Waals surface area contributed by atoms with Gasteiger partial charge in [-0.1, -0.05) is 26.0 Å². The van der Waals surface area contributed by atoms with Crippen molar-refractivity contribution < 1.29 is 36.4 Å². The van der Waals surface area contributed by atoms with E-state index < -0.39 is 51.3 Å². The minimum Gasteiger partial charge on any atom is -0.465 e. The molecule has 12 heteroatoms. The molecule has 0 spiro atoms. The molecular weight excluding hydrogens is 459 g/mol. The number of carbonyl (C=O) groups is 1. The second-order valence-corrected chi connectivity index (χ2v) is 7.77. The molecule has 174 valence electrons. The van der Waals surface area contributed by atoms with Gasteiger partial charge in [-0.25, -0.2) is 18.6 Å². The van der Waals surface area contributed by atoms with Gasteiger partial charge in [-0.2, -0.15) is 25.8 Å². The first-order valence-corrected chi connectivity index (χ1v) is 9.73. The standard InChI is InChI=1S/C20H19F5N2O4S/c1-9(2)8-12-13(19(28)31-3)15(18(21)22)26-17(20(23,24)25)14(12)16(32)10-4-6-11(7-5-10)27(29)30/h4-7,9,16,18,32H,8H2,1-3H3. The lowest BCUT2D eigenvalue weighted by Gasteiger charge is -2.25. The predicted molar refractivity (Wildman–Crippen MR) is 108 cm³/mol. The Bertz CT molecular complexity index is 1010. The maximum atomic E-state index is 13.9. The molecule has 0 saturated carbocycles. The second kappa shape index (κ2) is 9.80. The maximum absolute atomic E-state index is 13.9. The van der Waals surface area contributed by atoms with E-state index in [1.54, 1.807) is 13.8 Å². The van der Waals surface area contributed by atoms with Crippen molar-refractivity contribution >= 4 is 24.3 Å². The molecule has 0 aliphatic heterocycles. The monoisotopic (exact) mass is 478 g/mol. The number of rotatable bonds is 7. The molecule has 0 bridgehead atoms. The number of alkyl halides is 5. The highest BCUT2D eigenvalue weighted by molar-refractivity contribution is 7.80. The van der Waals surface area contributed by atoms with Crippen LogP contribution in [0.2, 0.25) is 0 Å². The van der Waals surface area contributed by atoms with Gasteiger partial charge < -0.3 is 4.74 Å². The number of halogens is 5. The topological polar surface area (TPSA) is 82.3 Å². The highest BCUT2D eigenvalue weighted by Gasteiger charge is 2.42. The van der Waals surface area contributed by atoms with E-state index in [0.29, 0.717) is 0 Å². The summed E-state index contributed by atoms with van der Waals surface area (Å²) in [6, 6.07) is 4.56. The first-order chi connectivity index (χ1) is 14.8. The number of ether oxygens (including phenoxy) is 1. The average Bonchev–Trinajstić information content (AvgIpc) is 2.70. The van der Waals surface area contributed by atoms with Crippen molar-refractivity contribution in [2.45, 2.75) is 38.1 Å². The Balaban J connectivity index is 2.93. The van der Waals surface area contributed by atoms with Gasteiger partial charge >= 0.3 is 12.1 Å². The van der Waals surface area contributed by atoms with E-state index in [1.165, 1.54) is 12.1 Å². The summed E-state index contributed by atoms with van der Waals surface area (Å²) in [5, 5.41) is 9.50. The zero-order chi connectivity index (χ0) is 24.4. The van der Waals surface area contributed by atoms with E-state index >= 15 is 0 Å². The molecule has 32 heavy (non-hydrogen) atoms. The van der Waals surface area contributed by atoms with Gasteiger partial charge in [-0.15, -0.1) is 0 Å². The van der Waals surface area contributed by atoms with Crippen LogP contribution in [-0.2, 0) is 17.3 Å². The molecule has 6 nitrogen and oxygen atoms in total. The Morgan fingerprint density at radius 3 is 2.19 bits per heavy atom. The number of nitro benzene ring substituents is 1. The maximum Gasteiger partial charge on any atom is 0.433 e. The molecule has 0 aliphatic rings. The molecule has 0 N–H and O–H groups in total. The Morgan fingerprint density at radius 1 is 1.22 bits per heavy atom. The van der Waals surface area contributed by atoms with E-state index in [0.717, 1.165) is 19.2 Å². The van der Waals surface area contributed by atoms with Crippen LogP contribution in [0.25, 0.3) is 0 Å². The third-order valence-electron chi connectivity index (χ3n) is 4.54. The van der Waals surface area contributed by atoms with Crippen LogP contribution in [0.5, 0.6) is 0 Å². The number of hydrogen-bond donors (Lipinski definition) is 1. The zero-order valence-corrected chi connectivity index (χ0v) is 18.0. The van der Waals surface area contributed by atoms with Gasteiger partial charge in [0.15, 0.2) is 0 Å². The van der Waals surface area contributed by atoms with Gasteiger partial charge in [0.25, 0.3) is 12.1 Å². The number of benzene rings is 1. The van der Waals surface area contributed by atoms with Crippen molar-refractivity contribution in [2.24, 2.45) is 5.92 Å². The van der Waals surface area contributed by atoms with Crippen LogP contribution < -0.4 is 0 Å². The number of methoxy groups -OCH3 is 1. The Labute approximate surface area is 185 Å². The van der Waals surface area contributed by atoms with E-state index in [4.69, 9.17) is 0 Å². The first-order valence-electron chi connectivity index (χ1n) is 9.22. The number of hydrogen-bond acceptors (Lipinski definition) is 6. The van der Waals surface area contributed by atoms with Crippen molar-refractivity contribution in [3.63, 3.8) is 0 Å². The van der Waals surface area contributed by atoms with Crippen LogP contribution >= 0.6 is 12.6 Å². The number of carbonyl (C=O) groups excluding carboxylic acids is 1. The van der Waals surface area contributed by atoms with Crippen molar-refractivity contribution in [1.82, 2.24) is 4.98 Å². The summed E-state index contributed by atoms with van der Waals surface area (Å²) in [6.07, 6.45) is -8.78. The highest BCUT2D eigenvalue weighted by atomic mass is 32.1. The SMILES string of the molecule is COC(=O)c1c(C(F)F)nc(C(F)(F)F)c(C(S)c2ccc([N+](=O)[O-])cc2)c1CC(C)C. The second-order valence-electron chi connectivity index (χ2n) is 7.25. The normalized spacial score (nSPS) is 12.8. The van der Waals surface area contributed by atoms with E-state index in [1.807, 2.05) is 0 Å². The van der Waals surface area contributed by atoms with Crippen molar-refractivity contribution in [2.75, 3.05) is 7.11 Å². The molecular formula is C20H19F5N2O4S. The number of nitrogens with zero attached hydrogens (tertiary/aromatic N) is 2. The van der Waals surface area contributed by atoms with Gasteiger partial charge in [0.05, 0.1) is 22.8 Å². The summed E-state index contributed by atoms with van der Waals surface area (Å²) in [4.78, 5) is 25.7. The summed E-state index contributed by atoms with van der Waals surface area (Å²) in [5.41, 5.74) is -4.72. The Morgan fingerprint density at radius 2 is 1.78 bits per heavy atom. The molecule has 1 unspecified atom stereocenters. The molecule has 0 fully saturated rings. The van der Waals surface area contributed by atoms with Crippen LogP contribution in [0, 0.1) is 16.0 Å². The van der Waals surface area contributed by atoms with Crippen LogP contribution in [0.1, 0.15) is 64.0 Å². The zero-order valence-electron chi connectivity index (χ0n) is 17.1. The van der Waals surface area contributed by atoms with Gasteiger partial charge in [0, 0.05) is 17.7 Å². The number of non-ortho nitro benzene ring substituents is 1. The Hall–Kier alpha value is -2.76. The lowest BCUT2D eigenvalue weighted by Crippen LogP contribution is -2.23. The molecule has 0 radical (unpaired) electrons. The fourth-order valence-corrected chi connectivity index (χ4v) is 3.68. The summed E-state index contributed by atoms with van der Waals surface area (Å²) in [5.74, 6) is -1.58. The Kier molecular flexibility index (Phi) is 7.81. The predicted octanol–water partition coefficient (Wildman–Crippen LogP) is 5.95. The quantitative estimate of drug-likeness (QED) is 0.175. The highest BCUT2D eigenvalue weighted by Crippen LogP contribution is 2.44. The van der Waals surface area contributed by atoms with Crippen molar-refractivity contribution in [3.05, 3.63) is 68.0 Å². The molecule has 2 rings (SSSR count). The molecule has 0 aliphatic carbocycles. The fourth-order valence-electron chi connectivity index (χ4n) is 3.23. The third-order valence-corrected chi connectivity index (χ3v) is 5.10. The fraction of sp³-hybridized carbons (Fsp3) is 0.400. The summed E-state index contributed by atoms with van der Waals surface area (Å²) in [6.45, 7) is 3.28. The lowest BCUT2D eigenvalue weighted by molar-refractivity contribution is -0.384. The molecule has 2 aromatic rings. The minimum absolute atomic E-state index is 0.122. The smallest absolute Gasteiger partial charge is 0.433 e. The lowest BCUT2D eigenvalue weighted by atomic mass is 9.87. The molecule has 1 aromatic carbocycles. The number of pyridine rings is 1.